The van der Waals surface area contributed by atoms with Crippen molar-refractivity contribution in [1.29, 1.82) is 0 Å². The average Bonchev–Trinajstić information content (AvgIpc) is 3.26. The monoisotopic (exact) mass is 562 g/mol. The molecular weight excluding hydrogens is 539 g/mol. The van der Waals surface area contributed by atoms with Crippen molar-refractivity contribution in [1.82, 2.24) is 24.6 Å². The van der Waals surface area contributed by atoms with Crippen LogP contribution in [0.3, 0.4) is 0 Å². The second-order valence-electron chi connectivity index (χ2n) is 9.36. The topological polar surface area (TPSA) is 108 Å². The lowest BCUT2D eigenvalue weighted by Crippen LogP contribution is -2.56. The van der Waals surface area contributed by atoms with Crippen molar-refractivity contribution in [3.8, 4) is 17.0 Å². The number of aromatic hydroxyl groups is 1. The van der Waals surface area contributed by atoms with Crippen LogP contribution >= 0.6 is 0 Å². The molecule has 2 aromatic heterocycles. The van der Waals surface area contributed by atoms with Crippen LogP contribution in [0.4, 0.5) is 27.9 Å². The predicted octanol–water partition coefficient (Wildman–Crippen LogP) is 3.29. The molecule has 9 nitrogen and oxygen atoms in total. The number of phenolic OH excluding ortho intramolecular Hbond substituents is 1. The van der Waals surface area contributed by atoms with Gasteiger partial charge >= 0.3 is 6.18 Å². The normalized spacial score (nSPS) is 16.1. The molecule has 40 heavy (non-hydrogen) atoms. The number of piperazine rings is 1. The highest BCUT2D eigenvalue weighted by Crippen LogP contribution is 2.41. The molecule has 0 saturated carbocycles. The van der Waals surface area contributed by atoms with E-state index in [9.17, 15) is 37.0 Å². The SMILES string of the molecule is Cn1nc(-c2cc(C(F)(F)F)c(F)c(O)c2F)c2cnc(N3CCN(C(=O)CO)C[C@H]3Cc3ccccc3)nc21. The third-order valence-electron chi connectivity index (χ3n) is 6.85. The molecule has 0 radical (unpaired) electrons. The molecule has 1 aliphatic heterocycles. The molecule has 1 atom stereocenters. The summed E-state index contributed by atoms with van der Waals surface area (Å²) in [6, 6.07) is 9.49. The van der Waals surface area contributed by atoms with Crippen molar-refractivity contribution in [2.45, 2.75) is 18.6 Å². The summed E-state index contributed by atoms with van der Waals surface area (Å²) in [6.07, 6.45) is -3.39. The Balaban J connectivity index is 1.56. The zero-order chi connectivity index (χ0) is 28.8. The van der Waals surface area contributed by atoms with Crippen molar-refractivity contribution >= 4 is 22.9 Å². The summed E-state index contributed by atoms with van der Waals surface area (Å²) in [4.78, 5) is 24.6. The molecule has 4 aromatic rings. The molecule has 5 rings (SSSR count). The zero-order valence-electron chi connectivity index (χ0n) is 21.0. The number of nitrogens with zero attached hydrogens (tertiary/aromatic N) is 6. The van der Waals surface area contributed by atoms with Gasteiger partial charge in [0, 0.05) is 38.4 Å². The number of aromatic nitrogens is 4. The molecule has 14 heteroatoms. The molecule has 3 heterocycles. The van der Waals surface area contributed by atoms with Gasteiger partial charge in [-0.25, -0.2) is 18.4 Å². The van der Waals surface area contributed by atoms with Gasteiger partial charge in [0.2, 0.25) is 11.9 Å². The van der Waals surface area contributed by atoms with E-state index in [1.165, 1.54) is 17.9 Å². The minimum atomic E-state index is -5.19. The van der Waals surface area contributed by atoms with E-state index in [-0.39, 0.29) is 41.3 Å². The molecule has 2 aromatic carbocycles. The van der Waals surface area contributed by atoms with Gasteiger partial charge in [0.15, 0.2) is 23.0 Å². The van der Waals surface area contributed by atoms with Gasteiger partial charge in [-0.1, -0.05) is 30.3 Å². The van der Waals surface area contributed by atoms with Crippen molar-refractivity contribution < 1.29 is 37.0 Å². The van der Waals surface area contributed by atoms with Gasteiger partial charge in [0.1, 0.15) is 12.3 Å². The number of carbonyl (C=O) groups is 1. The highest BCUT2D eigenvalue weighted by atomic mass is 19.4. The first-order chi connectivity index (χ1) is 19.0. The van der Waals surface area contributed by atoms with Crippen LogP contribution in [0.25, 0.3) is 22.3 Å². The molecule has 210 valence electrons. The smallest absolute Gasteiger partial charge is 0.419 e. The number of alkyl halides is 3. The minimum Gasteiger partial charge on any atom is -0.503 e. The Labute approximate surface area is 224 Å². The number of fused-ring (bicyclic) bond motifs is 1. The first-order valence-corrected chi connectivity index (χ1v) is 12.2. The molecule has 2 N–H and O–H groups in total. The van der Waals surface area contributed by atoms with Crippen LogP contribution in [-0.2, 0) is 24.4 Å². The van der Waals surface area contributed by atoms with Gasteiger partial charge in [-0.15, -0.1) is 0 Å². The van der Waals surface area contributed by atoms with E-state index in [1.807, 2.05) is 35.2 Å². The van der Waals surface area contributed by atoms with E-state index in [1.54, 1.807) is 4.90 Å². The summed E-state index contributed by atoms with van der Waals surface area (Å²) in [5.74, 6) is -5.64. The lowest BCUT2D eigenvalue weighted by atomic mass is 10.0. The number of phenols is 1. The van der Waals surface area contributed by atoms with Crippen LogP contribution in [0.1, 0.15) is 11.1 Å². The Morgan fingerprint density at radius 2 is 1.85 bits per heavy atom. The van der Waals surface area contributed by atoms with Crippen LogP contribution in [0.2, 0.25) is 0 Å². The maximum absolute atomic E-state index is 14.8. The van der Waals surface area contributed by atoms with E-state index in [2.05, 4.69) is 15.1 Å². The summed E-state index contributed by atoms with van der Waals surface area (Å²) in [6.45, 7) is 0.286. The fourth-order valence-corrected chi connectivity index (χ4v) is 4.87. The standard InChI is InChI=1S/C26H23F5N6O3/c1-35-24-17(22(34-35)16-10-18(26(29,30)31)21(28)23(40)20(16)27)11-32-25(33-24)37-8-7-36(19(39)13-38)12-15(37)9-14-5-3-2-4-6-14/h2-6,10-11,15,38,40H,7-9,12-13H2,1H3/t15-/m1/s1. The van der Waals surface area contributed by atoms with Crippen LogP contribution in [0.15, 0.2) is 42.6 Å². The molecule has 0 aliphatic carbocycles. The molecule has 1 amide bonds. The number of rotatable bonds is 5. The van der Waals surface area contributed by atoms with Gasteiger partial charge in [-0.3, -0.25) is 4.79 Å². The second kappa shape index (κ2) is 10.3. The van der Waals surface area contributed by atoms with E-state index in [0.29, 0.717) is 19.5 Å². The largest absolute Gasteiger partial charge is 0.503 e. The van der Waals surface area contributed by atoms with E-state index in [4.69, 9.17) is 0 Å². The maximum Gasteiger partial charge on any atom is 0.419 e. The van der Waals surface area contributed by atoms with Gasteiger partial charge in [-0.2, -0.15) is 23.3 Å². The highest BCUT2D eigenvalue weighted by Gasteiger charge is 2.38. The van der Waals surface area contributed by atoms with Gasteiger partial charge < -0.3 is 20.0 Å². The number of hydrogen-bond donors (Lipinski definition) is 2. The Morgan fingerprint density at radius 3 is 2.52 bits per heavy atom. The number of anilines is 1. The van der Waals surface area contributed by atoms with Crippen molar-refractivity contribution in [3.05, 3.63) is 65.4 Å². The van der Waals surface area contributed by atoms with Crippen LogP contribution in [-0.4, -0.2) is 73.1 Å². The van der Waals surface area contributed by atoms with Crippen molar-refractivity contribution in [2.24, 2.45) is 7.05 Å². The van der Waals surface area contributed by atoms with Gasteiger partial charge in [0.25, 0.3) is 0 Å². The molecule has 0 bridgehead atoms. The van der Waals surface area contributed by atoms with Crippen molar-refractivity contribution in [3.63, 3.8) is 0 Å². The lowest BCUT2D eigenvalue weighted by molar-refractivity contribution is -0.140. The highest BCUT2D eigenvalue weighted by molar-refractivity contribution is 5.91. The fraction of sp³-hybridized carbons (Fsp3) is 0.308. The maximum atomic E-state index is 14.8. The summed E-state index contributed by atoms with van der Waals surface area (Å²) in [5.41, 5.74) is -1.75. The number of aliphatic hydroxyl groups excluding tert-OH is 1. The van der Waals surface area contributed by atoms with Crippen LogP contribution < -0.4 is 4.90 Å². The molecule has 0 unspecified atom stereocenters. The molecule has 0 spiro atoms. The average molecular weight is 562 g/mol. The van der Waals surface area contributed by atoms with E-state index < -0.39 is 47.2 Å². The lowest BCUT2D eigenvalue weighted by Gasteiger charge is -2.41. The third-order valence-corrected chi connectivity index (χ3v) is 6.85. The quantitative estimate of drug-likeness (QED) is 0.360. The second-order valence-corrected chi connectivity index (χ2v) is 9.36. The number of benzene rings is 2. The summed E-state index contributed by atoms with van der Waals surface area (Å²) >= 11 is 0. The minimum absolute atomic E-state index is 0.0815. The molecule has 1 fully saturated rings. The predicted molar refractivity (Wildman–Crippen MR) is 133 cm³/mol. The number of hydrogen-bond acceptors (Lipinski definition) is 7. The molecule has 1 aliphatic rings. The fourth-order valence-electron chi connectivity index (χ4n) is 4.87. The summed E-state index contributed by atoms with van der Waals surface area (Å²) < 4.78 is 70.1. The van der Waals surface area contributed by atoms with E-state index >= 15 is 0 Å². The van der Waals surface area contributed by atoms with E-state index in [0.717, 1.165) is 5.56 Å². The van der Waals surface area contributed by atoms with Crippen molar-refractivity contribution in [2.75, 3.05) is 31.1 Å². The number of aryl methyl sites for hydroxylation is 1. The number of amides is 1. The first-order valence-electron chi connectivity index (χ1n) is 12.2. The Morgan fingerprint density at radius 1 is 1.12 bits per heavy atom. The Kier molecular flexibility index (Phi) is 7.04. The number of carbonyl (C=O) groups excluding carboxylic acids is 1. The van der Waals surface area contributed by atoms with Crippen LogP contribution in [0, 0.1) is 11.6 Å². The molecule has 1 saturated heterocycles. The Hall–Kier alpha value is -4.33. The third kappa shape index (κ3) is 4.90. The zero-order valence-corrected chi connectivity index (χ0v) is 21.0. The first kappa shape index (κ1) is 27.2. The number of halogens is 5. The van der Waals surface area contributed by atoms with Crippen LogP contribution in [0.5, 0.6) is 5.75 Å². The summed E-state index contributed by atoms with van der Waals surface area (Å²) in [7, 11) is 1.45. The Bertz CT molecular complexity index is 1580. The molecular formula is C26H23F5N6O3. The number of aliphatic hydroxyl groups is 1. The van der Waals surface area contributed by atoms with Gasteiger partial charge in [-0.05, 0) is 18.1 Å². The summed E-state index contributed by atoms with van der Waals surface area (Å²) in [5, 5.41) is 23.3. The van der Waals surface area contributed by atoms with Gasteiger partial charge in [0.05, 0.1) is 17.0 Å².